The molecule has 21 heavy (non-hydrogen) atoms. The van der Waals surface area contributed by atoms with Crippen LogP contribution in [0.2, 0.25) is 0 Å². The van der Waals surface area contributed by atoms with Crippen LogP contribution in [0.4, 0.5) is 4.39 Å². The number of primary amides is 1. The third-order valence-electron chi connectivity index (χ3n) is 2.88. The molecular weight excluding hydrogens is 273 g/mol. The molecule has 0 fully saturated rings. The fourth-order valence-corrected chi connectivity index (χ4v) is 1.79. The summed E-state index contributed by atoms with van der Waals surface area (Å²) >= 11 is 0. The van der Waals surface area contributed by atoms with Crippen molar-refractivity contribution in [2.24, 2.45) is 5.73 Å². The SMILES string of the molecule is NC(=O)c1ccc(COC(=O)Cc2cccc(F)c2)cc1. The van der Waals surface area contributed by atoms with Crippen molar-refractivity contribution in [3.8, 4) is 0 Å². The zero-order valence-corrected chi connectivity index (χ0v) is 11.2. The van der Waals surface area contributed by atoms with Gasteiger partial charge < -0.3 is 10.5 Å². The smallest absolute Gasteiger partial charge is 0.310 e. The van der Waals surface area contributed by atoms with E-state index in [2.05, 4.69) is 0 Å². The van der Waals surface area contributed by atoms with Crippen molar-refractivity contribution in [3.05, 3.63) is 71.0 Å². The van der Waals surface area contributed by atoms with Gasteiger partial charge in [-0.2, -0.15) is 0 Å². The first-order valence-electron chi connectivity index (χ1n) is 6.33. The first-order chi connectivity index (χ1) is 10.0. The van der Waals surface area contributed by atoms with Crippen molar-refractivity contribution in [1.29, 1.82) is 0 Å². The van der Waals surface area contributed by atoms with E-state index in [1.165, 1.54) is 12.1 Å². The van der Waals surface area contributed by atoms with Crippen LogP contribution in [0, 0.1) is 5.82 Å². The minimum atomic E-state index is -0.510. The van der Waals surface area contributed by atoms with Gasteiger partial charge in [-0.05, 0) is 35.4 Å². The molecule has 0 heterocycles. The van der Waals surface area contributed by atoms with E-state index in [4.69, 9.17) is 10.5 Å². The van der Waals surface area contributed by atoms with Crippen molar-refractivity contribution in [2.75, 3.05) is 0 Å². The zero-order chi connectivity index (χ0) is 15.2. The predicted octanol–water partition coefficient (Wildman–Crippen LogP) is 2.21. The van der Waals surface area contributed by atoms with Crippen LogP contribution in [0.3, 0.4) is 0 Å². The summed E-state index contributed by atoms with van der Waals surface area (Å²) in [5, 5.41) is 0. The summed E-state index contributed by atoms with van der Waals surface area (Å²) in [4.78, 5) is 22.6. The summed E-state index contributed by atoms with van der Waals surface area (Å²) in [5.74, 6) is -1.34. The van der Waals surface area contributed by atoms with Crippen LogP contribution < -0.4 is 5.73 Å². The lowest BCUT2D eigenvalue weighted by Gasteiger charge is -2.06. The number of carbonyl (C=O) groups excluding carboxylic acids is 2. The van der Waals surface area contributed by atoms with E-state index in [0.29, 0.717) is 11.1 Å². The molecule has 2 N–H and O–H groups in total. The Morgan fingerprint density at radius 2 is 1.76 bits per heavy atom. The van der Waals surface area contributed by atoms with Crippen LogP contribution in [-0.2, 0) is 22.6 Å². The number of hydrogen-bond acceptors (Lipinski definition) is 3. The van der Waals surface area contributed by atoms with Gasteiger partial charge in [-0.3, -0.25) is 9.59 Å². The molecule has 0 aliphatic heterocycles. The van der Waals surface area contributed by atoms with Crippen LogP contribution in [0.15, 0.2) is 48.5 Å². The Kier molecular flexibility index (Phi) is 4.66. The van der Waals surface area contributed by atoms with Crippen molar-refractivity contribution in [3.63, 3.8) is 0 Å². The van der Waals surface area contributed by atoms with Crippen molar-refractivity contribution < 1.29 is 18.7 Å². The maximum Gasteiger partial charge on any atom is 0.310 e. The van der Waals surface area contributed by atoms with Gasteiger partial charge in [-0.25, -0.2) is 4.39 Å². The molecule has 108 valence electrons. The van der Waals surface area contributed by atoms with Gasteiger partial charge in [0.1, 0.15) is 12.4 Å². The molecule has 0 spiro atoms. The second-order valence-electron chi connectivity index (χ2n) is 4.53. The number of nitrogens with two attached hydrogens (primary N) is 1. The van der Waals surface area contributed by atoms with Gasteiger partial charge in [0.15, 0.2) is 0 Å². The lowest BCUT2D eigenvalue weighted by atomic mass is 10.1. The lowest BCUT2D eigenvalue weighted by molar-refractivity contribution is -0.144. The summed E-state index contributed by atoms with van der Waals surface area (Å²) in [6.45, 7) is 0.0905. The minimum absolute atomic E-state index is 0.0110. The molecule has 0 atom stereocenters. The molecule has 0 aromatic heterocycles. The molecule has 2 aromatic carbocycles. The van der Waals surface area contributed by atoms with Gasteiger partial charge in [-0.15, -0.1) is 0 Å². The van der Waals surface area contributed by atoms with Gasteiger partial charge in [0.05, 0.1) is 6.42 Å². The Morgan fingerprint density at radius 3 is 2.38 bits per heavy atom. The second-order valence-corrected chi connectivity index (χ2v) is 4.53. The highest BCUT2D eigenvalue weighted by Crippen LogP contribution is 2.08. The molecule has 0 bridgehead atoms. The average molecular weight is 287 g/mol. The largest absolute Gasteiger partial charge is 0.461 e. The van der Waals surface area contributed by atoms with E-state index in [1.807, 2.05) is 0 Å². The number of halogens is 1. The van der Waals surface area contributed by atoms with E-state index >= 15 is 0 Å². The third kappa shape index (κ3) is 4.42. The molecule has 4 nitrogen and oxygen atoms in total. The Labute approximate surface area is 121 Å². The van der Waals surface area contributed by atoms with E-state index in [1.54, 1.807) is 36.4 Å². The monoisotopic (exact) mass is 287 g/mol. The normalized spacial score (nSPS) is 10.1. The quantitative estimate of drug-likeness (QED) is 0.857. The molecular formula is C16H14FNO3. The Hall–Kier alpha value is -2.69. The molecule has 0 radical (unpaired) electrons. The number of amides is 1. The third-order valence-corrected chi connectivity index (χ3v) is 2.88. The molecule has 5 heteroatoms. The number of hydrogen-bond donors (Lipinski definition) is 1. The molecule has 0 saturated carbocycles. The predicted molar refractivity (Wildman–Crippen MR) is 74.9 cm³/mol. The number of carbonyl (C=O) groups is 2. The minimum Gasteiger partial charge on any atom is -0.461 e. The molecule has 0 aliphatic rings. The van der Waals surface area contributed by atoms with Crippen LogP contribution in [-0.4, -0.2) is 11.9 Å². The number of esters is 1. The van der Waals surface area contributed by atoms with Crippen LogP contribution in [0.1, 0.15) is 21.5 Å². The standard InChI is InChI=1S/C16H14FNO3/c17-14-3-1-2-12(8-14)9-15(19)21-10-11-4-6-13(7-5-11)16(18)20/h1-8H,9-10H2,(H2,18,20). The molecule has 0 aliphatic carbocycles. The van der Waals surface area contributed by atoms with Crippen molar-refractivity contribution in [2.45, 2.75) is 13.0 Å². The topological polar surface area (TPSA) is 69.4 Å². The molecule has 1 amide bonds. The van der Waals surface area contributed by atoms with Gasteiger partial charge in [0.2, 0.25) is 5.91 Å². The Bertz CT molecular complexity index is 653. The first-order valence-corrected chi connectivity index (χ1v) is 6.33. The zero-order valence-electron chi connectivity index (χ0n) is 11.2. The maximum atomic E-state index is 13.0. The molecule has 0 unspecified atom stereocenters. The Morgan fingerprint density at radius 1 is 1.05 bits per heavy atom. The van der Waals surface area contributed by atoms with Crippen molar-refractivity contribution in [1.82, 2.24) is 0 Å². The van der Waals surface area contributed by atoms with E-state index in [-0.39, 0.29) is 18.8 Å². The van der Waals surface area contributed by atoms with Gasteiger partial charge in [0, 0.05) is 5.56 Å². The van der Waals surface area contributed by atoms with E-state index in [9.17, 15) is 14.0 Å². The van der Waals surface area contributed by atoms with Gasteiger partial charge in [-0.1, -0.05) is 24.3 Å². The van der Waals surface area contributed by atoms with E-state index in [0.717, 1.165) is 5.56 Å². The summed E-state index contributed by atoms with van der Waals surface area (Å²) < 4.78 is 18.1. The van der Waals surface area contributed by atoms with E-state index < -0.39 is 11.9 Å². The fraction of sp³-hybridized carbons (Fsp3) is 0.125. The highest BCUT2D eigenvalue weighted by molar-refractivity contribution is 5.92. The second kappa shape index (κ2) is 6.65. The fourth-order valence-electron chi connectivity index (χ4n) is 1.79. The van der Waals surface area contributed by atoms with Gasteiger partial charge >= 0.3 is 5.97 Å². The maximum absolute atomic E-state index is 13.0. The first kappa shape index (κ1) is 14.7. The van der Waals surface area contributed by atoms with Crippen molar-refractivity contribution >= 4 is 11.9 Å². The molecule has 0 saturated heterocycles. The molecule has 2 aromatic rings. The summed E-state index contributed by atoms with van der Waals surface area (Å²) in [5.41, 5.74) is 6.83. The number of rotatable bonds is 5. The van der Waals surface area contributed by atoms with Crippen LogP contribution in [0.5, 0.6) is 0 Å². The highest BCUT2D eigenvalue weighted by atomic mass is 19.1. The average Bonchev–Trinajstić information content (AvgIpc) is 2.45. The van der Waals surface area contributed by atoms with Crippen LogP contribution >= 0.6 is 0 Å². The summed E-state index contributed by atoms with van der Waals surface area (Å²) in [6.07, 6.45) is 0.0110. The summed E-state index contributed by atoms with van der Waals surface area (Å²) in [7, 11) is 0. The molecule has 2 rings (SSSR count). The van der Waals surface area contributed by atoms with Gasteiger partial charge in [0.25, 0.3) is 0 Å². The number of benzene rings is 2. The number of ether oxygens (including phenoxy) is 1. The lowest BCUT2D eigenvalue weighted by Crippen LogP contribution is -2.11. The highest BCUT2D eigenvalue weighted by Gasteiger charge is 2.06. The summed E-state index contributed by atoms with van der Waals surface area (Å²) in [6, 6.07) is 12.3. The Balaban J connectivity index is 1.87. The van der Waals surface area contributed by atoms with Crippen LogP contribution in [0.25, 0.3) is 0 Å².